The van der Waals surface area contributed by atoms with Gasteiger partial charge in [-0.1, -0.05) is 42.5 Å². The Labute approximate surface area is 171 Å². The molecular weight excluding hydrogens is 386 g/mol. The van der Waals surface area contributed by atoms with E-state index in [-0.39, 0.29) is 30.4 Å². The van der Waals surface area contributed by atoms with E-state index in [0.717, 1.165) is 12.8 Å². The molecule has 0 unspecified atom stereocenters. The summed E-state index contributed by atoms with van der Waals surface area (Å²) in [4.78, 5) is 12.8. The fourth-order valence-electron chi connectivity index (χ4n) is 2.51. The second-order valence-corrected chi connectivity index (χ2v) is 6.56. The number of nitrogens with zero attached hydrogens (tertiary/aromatic N) is 1. The highest BCUT2D eigenvalue weighted by Gasteiger charge is 2.31. The Morgan fingerprint density at radius 1 is 1.11 bits per heavy atom. The van der Waals surface area contributed by atoms with Crippen molar-refractivity contribution in [2.45, 2.75) is 18.8 Å². The summed E-state index contributed by atoms with van der Waals surface area (Å²) < 4.78 is 34.3. The topological polar surface area (TPSA) is 41.6 Å². The molecule has 7 heteroatoms. The number of carbonyl (C=O) groups is 1. The lowest BCUT2D eigenvalue weighted by atomic mass is 10.1. The van der Waals surface area contributed by atoms with Crippen molar-refractivity contribution < 1.29 is 18.3 Å². The van der Waals surface area contributed by atoms with Gasteiger partial charge in [-0.25, -0.2) is 0 Å². The molecular formula is C21H27ClF2N2O2. The minimum absolute atomic E-state index is 0. The predicted molar refractivity (Wildman–Crippen MR) is 109 cm³/mol. The normalized spacial score (nSPS) is 10.9. The van der Waals surface area contributed by atoms with Crippen LogP contribution in [-0.2, 0) is 17.1 Å². The summed E-state index contributed by atoms with van der Waals surface area (Å²) in [5, 5.41) is 2.51. The number of aryl methyl sites for hydroxylation is 1. The Hall–Kier alpha value is -2.18. The SMILES string of the molecule is CN(C)C(=O)CNCC(F)(F)c1cccc(OCCCc2ccccc2)c1.Cl. The lowest BCUT2D eigenvalue weighted by Gasteiger charge is -2.19. The van der Waals surface area contributed by atoms with Crippen LogP contribution in [-0.4, -0.2) is 44.6 Å². The lowest BCUT2D eigenvalue weighted by molar-refractivity contribution is -0.128. The summed E-state index contributed by atoms with van der Waals surface area (Å²) >= 11 is 0. The molecule has 4 nitrogen and oxygen atoms in total. The summed E-state index contributed by atoms with van der Waals surface area (Å²) in [6, 6.07) is 16.0. The number of benzene rings is 2. The van der Waals surface area contributed by atoms with Gasteiger partial charge in [0.2, 0.25) is 5.91 Å². The van der Waals surface area contributed by atoms with Gasteiger partial charge in [-0.2, -0.15) is 8.78 Å². The Morgan fingerprint density at radius 3 is 2.50 bits per heavy atom. The van der Waals surface area contributed by atoms with Crippen LogP contribution < -0.4 is 10.1 Å². The van der Waals surface area contributed by atoms with E-state index < -0.39 is 12.5 Å². The van der Waals surface area contributed by atoms with Crippen LogP contribution in [0.25, 0.3) is 0 Å². The van der Waals surface area contributed by atoms with Crippen molar-refractivity contribution in [2.75, 3.05) is 33.8 Å². The molecule has 0 atom stereocenters. The second-order valence-electron chi connectivity index (χ2n) is 6.56. The van der Waals surface area contributed by atoms with Gasteiger partial charge in [-0.05, 0) is 30.5 Å². The minimum atomic E-state index is -3.09. The first-order valence-electron chi connectivity index (χ1n) is 8.94. The van der Waals surface area contributed by atoms with Crippen molar-refractivity contribution in [1.29, 1.82) is 0 Å². The van der Waals surface area contributed by atoms with Gasteiger partial charge in [0, 0.05) is 19.7 Å². The molecule has 0 saturated heterocycles. The van der Waals surface area contributed by atoms with Crippen molar-refractivity contribution in [1.82, 2.24) is 10.2 Å². The van der Waals surface area contributed by atoms with E-state index in [0.29, 0.717) is 12.4 Å². The van der Waals surface area contributed by atoms with E-state index >= 15 is 0 Å². The molecule has 154 valence electrons. The Morgan fingerprint density at radius 2 is 1.82 bits per heavy atom. The third kappa shape index (κ3) is 7.82. The number of amides is 1. The van der Waals surface area contributed by atoms with Gasteiger partial charge < -0.3 is 15.0 Å². The van der Waals surface area contributed by atoms with Crippen molar-refractivity contribution in [3.63, 3.8) is 0 Å². The average molecular weight is 413 g/mol. The Kier molecular flexibility index (Phi) is 9.90. The smallest absolute Gasteiger partial charge is 0.285 e. The highest BCUT2D eigenvalue weighted by molar-refractivity contribution is 5.85. The highest BCUT2D eigenvalue weighted by atomic mass is 35.5. The fourth-order valence-corrected chi connectivity index (χ4v) is 2.51. The zero-order valence-corrected chi connectivity index (χ0v) is 17.0. The molecule has 0 aliphatic heterocycles. The third-order valence-electron chi connectivity index (χ3n) is 4.10. The molecule has 0 bridgehead atoms. The zero-order valence-electron chi connectivity index (χ0n) is 16.2. The number of hydrogen-bond acceptors (Lipinski definition) is 3. The van der Waals surface area contributed by atoms with Gasteiger partial charge >= 0.3 is 0 Å². The van der Waals surface area contributed by atoms with Gasteiger partial charge in [-0.3, -0.25) is 4.79 Å². The number of ether oxygens (including phenoxy) is 1. The van der Waals surface area contributed by atoms with E-state index in [1.165, 1.54) is 22.6 Å². The molecule has 0 radical (unpaired) electrons. The number of alkyl halides is 2. The minimum Gasteiger partial charge on any atom is -0.494 e. The van der Waals surface area contributed by atoms with E-state index in [4.69, 9.17) is 4.74 Å². The molecule has 0 aromatic heterocycles. The molecule has 0 aliphatic carbocycles. The molecule has 1 N–H and O–H groups in total. The monoisotopic (exact) mass is 412 g/mol. The van der Waals surface area contributed by atoms with E-state index in [9.17, 15) is 13.6 Å². The van der Waals surface area contributed by atoms with Crippen molar-refractivity contribution in [3.8, 4) is 5.75 Å². The lowest BCUT2D eigenvalue weighted by Crippen LogP contribution is -2.38. The van der Waals surface area contributed by atoms with Crippen LogP contribution in [0.2, 0.25) is 0 Å². The van der Waals surface area contributed by atoms with Crippen LogP contribution in [0.15, 0.2) is 54.6 Å². The first-order valence-corrected chi connectivity index (χ1v) is 8.94. The third-order valence-corrected chi connectivity index (χ3v) is 4.10. The summed E-state index contributed by atoms with van der Waals surface area (Å²) in [7, 11) is 3.17. The molecule has 0 saturated carbocycles. The van der Waals surface area contributed by atoms with Crippen LogP contribution in [0.5, 0.6) is 5.75 Å². The standard InChI is InChI=1S/C21H26F2N2O2.ClH/c1-25(2)20(26)15-24-16-21(22,23)18-11-6-12-19(14-18)27-13-7-10-17-8-4-3-5-9-17;/h3-6,8-9,11-12,14,24H,7,10,13,15-16H2,1-2H3;1H. The summed E-state index contributed by atoms with van der Waals surface area (Å²) in [6.07, 6.45) is 1.68. The Balaban J connectivity index is 0.00000392. The van der Waals surface area contributed by atoms with Crippen LogP contribution in [0.3, 0.4) is 0 Å². The molecule has 0 spiro atoms. The van der Waals surface area contributed by atoms with E-state index in [1.54, 1.807) is 26.2 Å². The second kappa shape index (κ2) is 11.6. The van der Waals surface area contributed by atoms with Gasteiger partial charge in [-0.15, -0.1) is 12.4 Å². The first kappa shape index (κ1) is 23.9. The van der Waals surface area contributed by atoms with Crippen molar-refractivity contribution in [3.05, 3.63) is 65.7 Å². The van der Waals surface area contributed by atoms with Crippen LogP contribution >= 0.6 is 12.4 Å². The average Bonchev–Trinajstić information content (AvgIpc) is 2.66. The quantitative estimate of drug-likeness (QED) is 0.602. The Bertz CT molecular complexity index is 727. The number of carbonyl (C=O) groups excluding carboxylic acids is 1. The van der Waals surface area contributed by atoms with E-state index in [1.807, 2.05) is 18.2 Å². The number of rotatable bonds is 10. The summed E-state index contributed by atoms with van der Waals surface area (Å²) in [5.41, 5.74) is 1.09. The molecule has 2 aromatic carbocycles. The van der Waals surface area contributed by atoms with E-state index in [2.05, 4.69) is 17.4 Å². The van der Waals surface area contributed by atoms with Crippen LogP contribution in [0.1, 0.15) is 17.5 Å². The van der Waals surface area contributed by atoms with Gasteiger partial charge in [0.15, 0.2) is 0 Å². The highest BCUT2D eigenvalue weighted by Crippen LogP contribution is 2.29. The molecule has 2 rings (SSSR count). The molecule has 0 heterocycles. The predicted octanol–water partition coefficient (Wildman–Crippen LogP) is 3.89. The maximum atomic E-state index is 14.4. The van der Waals surface area contributed by atoms with Gasteiger partial charge in [0.1, 0.15) is 5.75 Å². The summed E-state index contributed by atoms with van der Waals surface area (Å²) in [5.74, 6) is -2.92. The first-order chi connectivity index (χ1) is 12.9. The number of likely N-dealkylation sites (N-methyl/N-ethyl adjacent to an activating group) is 1. The van der Waals surface area contributed by atoms with Crippen molar-refractivity contribution in [2.24, 2.45) is 0 Å². The number of halogens is 3. The maximum absolute atomic E-state index is 14.4. The van der Waals surface area contributed by atoms with Gasteiger partial charge in [0.05, 0.1) is 19.7 Å². The molecule has 28 heavy (non-hydrogen) atoms. The molecule has 1 amide bonds. The number of nitrogens with one attached hydrogen (secondary N) is 1. The molecule has 0 fully saturated rings. The largest absolute Gasteiger partial charge is 0.494 e. The molecule has 0 aliphatic rings. The van der Waals surface area contributed by atoms with Gasteiger partial charge in [0.25, 0.3) is 5.92 Å². The molecule has 2 aromatic rings. The fraction of sp³-hybridized carbons (Fsp3) is 0.381. The maximum Gasteiger partial charge on any atom is 0.285 e. The summed E-state index contributed by atoms with van der Waals surface area (Å²) in [6.45, 7) is -0.276. The van der Waals surface area contributed by atoms with Crippen LogP contribution in [0.4, 0.5) is 8.78 Å². The number of hydrogen-bond donors (Lipinski definition) is 1. The van der Waals surface area contributed by atoms with Crippen molar-refractivity contribution >= 4 is 18.3 Å². The zero-order chi connectivity index (χ0) is 19.7. The van der Waals surface area contributed by atoms with Crippen LogP contribution in [0, 0.1) is 0 Å².